The number of quaternary nitrogens is 1. The van der Waals surface area contributed by atoms with Gasteiger partial charge in [0.15, 0.2) is 0 Å². The van der Waals surface area contributed by atoms with Crippen LogP contribution in [0.5, 0.6) is 0 Å². The van der Waals surface area contributed by atoms with Crippen molar-refractivity contribution in [1.29, 1.82) is 5.26 Å². The molecule has 0 aromatic rings. The Labute approximate surface area is 86.1 Å². The summed E-state index contributed by atoms with van der Waals surface area (Å²) in [5, 5.41) is 11.2. The maximum Gasteiger partial charge on any atom is 0.0770 e. The minimum atomic E-state index is 0.335. The van der Waals surface area contributed by atoms with Crippen LogP contribution in [-0.2, 0) is 0 Å². The number of hydrogen-bond acceptors (Lipinski definition) is 2. The molecule has 78 valence electrons. The van der Waals surface area contributed by atoms with E-state index in [1.54, 1.807) is 0 Å². The number of nitrogens with zero attached hydrogens (tertiary/aromatic N) is 2. The molecule has 0 unspecified atom stereocenters. The number of nitriles is 1. The lowest BCUT2D eigenvalue weighted by molar-refractivity contribution is -0.664. The van der Waals surface area contributed by atoms with Crippen molar-refractivity contribution in [1.82, 2.24) is 4.90 Å². The van der Waals surface area contributed by atoms with Gasteiger partial charge in [-0.05, 0) is 25.9 Å². The molecule has 0 spiro atoms. The Bertz CT molecular complexity index is 207. The Balaban J connectivity index is 1.79. The first-order valence-electron chi connectivity index (χ1n) is 5.85. The van der Waals surface area contributed by atoms with Gasteiger partial charge in [-0.2, -0.15) is 5.26 Å². The van der Waals surface area contributed by atoms with Gasteiger partial charge in [-0.25, -0.2) is 0 Å². The number of hydrogen-bond donors (Lipinski definition) is 1. The molecular weight excluding hydrogens is 174 g/mol. The lowest BCUT2D eigenvalue weighted by atomic mass is 9.95. The summed E-state index contributed by atoms with van der Waals surface area (Å²) < 4.78 is 0. The van der Waals surface area contributed by atoms with E-state index in [2.05, 4.69) is 16.3 Å². The Kier molecular flexibility index (Phi) is 3.39. The highest BCUT2D eigenvalue weighted by Gasteiger charge is 2.26. The summed E-state index contributed by atoms with van der Waals surface area (Å²) in [5.74, 6) is 0.335. The zero-order valence-electron chi connectivity index (χ0n) is 8.78. The Hall–Kier alpha value is -0.590. The highest BCUT2D eigenvalue weighted by Crippen LogP contribution is 2.20. The summed E-state index contributed by atoms with van der Waals surface area (Å²) in [5.41, 5.74) is 0. The summed E-state index contributed by atoms with van der Waals surface area (Å²) in [6.45, 7) is 4.90. The number of likely N-dealkylation sites (tertiary alicyclic amines) is 1. The van der Waals surface area contributed by atoms with E-state index < -0.39 is 0 Å². The highest BCUT2D eigenvalue weighted by molar-refractivity contribution is 4.89. The van der Waals surface area contributed by atoms with Crippen LogP contribution in [-0.4, -0.2) is 37.1 Å². The van der Waals surface area contributed by atoms with Gasteiger partial charge in [0.25, 0.3) is 0 Å². The molecule has 3 heteroatoms. The second kappa shape index (κ2) is 4.77. The Morgan fingerprint density at radius 1 is 1.07 bits per heavy atom. The van der Waals surface area contributed by atoms with E-state index in [1.807, 2.05) is 0 Å². The molecule has 0 aromatic carbocycles. The van der Waals surface area contributed by atoms with Crippen LogP contribution in [0, 0.1) is 17.2 Å². The molecule has 0 atom stereocenters. The highest BCUT2D eigenvalue weighted by atomic mass is 15.2. The monoisotopic (exact) mass is 194 g/mol. The lowest BCUT2D eigenvalue weighted by Crippen LogP contribution is -2.87. The summed E-state index contributed by atoms with van der Waals surface area (Å²) in [7, 11) is 0. The van der Waals surface area contributed by atoms with Crippen molar-refractivity contribution < 1.29 is 5.32 Å². The molecule has 3 nitrogen and oxygen atoms in total. The SMILES string of the molecule is N#CC1CCN(C2CC[NH2+]CC2)CC1. The fourth-order valence-corrected chi connectivity index (χ4v) is 2.67. The normalized spacial score (nSPS) is 27.4. The van der Waals surface area contributed by atoms with E-state index in [0.29, 0.717) is 5.92 Å². The predicted octanol–water partition coefficient (Wildman–Crippen LogP) is -0.0522. The zero-order chi connectivity index (χ0) is 9.80. The summed E-state index contributed by atoms with van der Waals surface area (Å²) in [6, 6.07) is 3.21. The van der Waals surface area contributed by atoms with E-state index >= 15 is 0 Å². The van der Waals surface area contributed by atoms with E-state index in [-0.39, 0.29) is 0 Å². The summed E-state index contributed by atoms with van der Waals surface area (Å²) in [6.07, 6.45) is 4.88. The molecule has 0 amide bonds. The smallest absolute Gasteiger partial charge is 0.0770 e. The number of piperidine rings is 2. The first-order chi connectivity index (χ1) is 6.90. The van der Waals surface area contributed by atoms with Crippen molar-refractivity contribution in [2.24, 2.45) is 5.92 Å². The second-order valence-corrected chi connectivity index (χ2v) is 4.54. The zero-order valence-corrected chi connectivity index (χ0v) is 8.78. The fourth-order valence-electron chi connectivity index (χ4n) is 2.67. The third kappa shape index (κ3) is 2.26. The van der Waals surface area contributed by atoms with Crippen LogP contribution in [0.4, 0.5) is 0 Å². The molecule has 2 fully saturated rings. The molecule has 2 aliphatic rings. The quantitative estimate of drug-likeness (QED) is 0.636. The van der Waals surface area contributed by atoms with E-state index in [9.17, 15) is 0 Å². The average Bonchev–Trinajstić information content (AvgIpc) is 2.30. The lowest BCUT2D eigenvalue weighted by Gasteiger charge is -2.37. The van der Waals surface area contributed by atoms with Crippen molar-refractivity contribution in [2.45, 2.75) is 31.7 Å². The van der Waals surface area contributed by atoms with Gasteiger partial charge >= 0.3 is 0 Å². The van der Waals surface area contributed by atoms with Crippen molar-refractivity contribution in [2.75, 3.05) is 26.2 Å². The fraction of sp³-hybridized carbons (Fsp3) is 0.909. The standard InChI is InChI=1S/C11H19N3/c12-9-10-3-7-14(8-4-10)11-1-5-13-6-2-11/h10-11,13H,1-8H2/p+1. The third-order valence-electron chi connectivity index (χ3n) is 3.64. The van der Waals surface area contributed by atoms with Crippen LogP contribution in [0.25, 0.3) is 0 Å². The minimum Gasteiger partial charge on any atom is -0.346 e. The summed E-state index contributed by atoms with van der Waals surface area (Å²) in [4.78, 5) is 2.61. The van der Waals surface area contributed by atoms with Gasteiger partial charge < -0.3 is 5.32 Å². The largest absolute Gasteiger partial charge is 0.346 e. The average molecular weight is 194 g/mol. The maximum absolute atomic E-state index is 8.81. The van der Waals surface area contributed by atoms with Gasteiger partial charge in [0, 0.05) is 24.8 Å². The van der Waals surface area contributed by atoms with E-state index in [4.69, 9.17) is 5.26 Å². The molecule has 2 rings (SSSR count). The molecule has 0 radical (unpaired) electrons. The van der Waals surface area contributed by atoms with Crippen molar-refractivity contribution >= 4 is 0 Å². The molecule has 0 aromatic heterocycles. The van der Waals surface area contributed by atoms with Gasteiger partial charge in [0.1, 0.15) is 0 Å². The Morgan fingerprint density at radius 2 is 1.71 bits per heavy atom. The molecular formula is C11H20N3+. The topological polar surface area (TPSA) is 43.6 Å². The van der Waals surface area contributed by atoms with Gasteiger partial charge in [-0.1, -0.05) is 0 Å². The van der Waals surface area contributed by atoms with Crippen LogP contribution in [0.2, 0.25) is 0 Å². The van der Waals surface area contributed by atoms with Crippen molar-refractivity contribution in [3.05, 3.63) is 0 Å². The molecule has 2 aliphatic heterocycles. The first-order valence-corrected chi connectivity index (χ1v) is 5.85. The molecule has 2 heterocycles. The molecule has 2 saturated heterocycles. The maximum atomic E-state index is 8.81. The van der Waals surface area contributed by atoms with Gasteiger partial charge in [0.2, 0.25) is 0 Å². The van der Waals surface area contributed by atoms with Gasteiger partial charge in [-0.15, -0.1) is 0 Å². The van der Waals surface area contributed by atoms with Gasteiger partial charge in [-0.3, -0.25) is 4.90 Å². The molecule has 14 heavy (non-hydrogen) atoms. The molecule has 0 saturated carbocycles. The number of nitrogens with two attached hydrogens (primary N) is 1. The van der Waals surface area contributed by atoms with Gasteiger partial charge in [0.05, 0.1) is 19.2 Å². The predicted molar refractivity (Wildman–Crippen MR) is 54.6 cm³/mol. The van der Waals surface area contributed by atoms with Crippen LogP contribution in [0.3, 0.4) is 0 Å². The summed E-state index contributed by atoms with van der Waals surface area (Å²) >= 11 is 0. The van der Waals surface area contributed by atoms with Crippen LogP contribution in [0.1, 0.15) is 25.7 Å². The van der Waals surface area contributed by atoms with Crippen LogP contribution in [0.15, 0.2) is 0 Å². The Morgan fingerprint density at radius 3 is 2.29 bits per heavy atom. The van der Waals surface area contributed by atoms with E-state index in [0.717, 1.165) is 32.0 Å². The molecule has 0 aliphatic carbocycles. The van der Waals surface area contributed by atoms with Crippen molar-refractivity contribution in [3.63, 3.8) is 0 Å². The molecule has 0 bridgehead atoms. The molecule has 2 N–H and O–H groups in total. The van der Waals surface area contributed by atoms with Crippen molar-refractivity contribution in [3.8, 4) is 6.07 Å². The first kappa shape index (κ1) is 9.95. The number of rotatable bonds is 1. The second-order valence-electron chi connectivity index (χ2n) is 4.54. The van der Waals surface area contributed by atoms with Crippen LogP contribution < -0.4 is 5.32 Å². The third-order valence-corrected chi connectivity index (χ3v) is 3.64. The minimum absolute atomic E-state index is 0.335. The van der Waals surface area contributed by atoms with E-state index in [1.165, 1.54) is 25.9 Å². The van der Waals surface area contributed by atoms with Crippen LogP contribution >= 0.6 is 0 Å².